The Morgan fingerprint density at radius 3 is 2.70 bits per heavy atom. The Kier molecular flexibility index (Phi) is 6.77. The summed E-state index contributed by atoms with van der Waals surface area (Å²) in [5.41, 5.74) is 4.66. The van der Waals surface area contributed by atoms with Crippen LogP contribution < -0.4 is 15.8 Å². The number of halogens is 1. The molecule has 2 aromatic carbocycles. The van der Waals surface area contributed by atoms with E-state index >= 15 is 0 Å². The van der Waals surface area contributed by atoms with E-state index in [0.717, 1.165) is 22.3 Å². The number of pyridine rings is 1. The fourth-order valence-corrected chi connectivity index (χ4v) is 4.83. The molecular formula is C26H27ClN6O4. The van der Waals surface area contributed by atoms with Gasteiger partial charge in [-0.1, -0.05) is 23.7 Å². The van der Waals surface area contributed by atoms with Gasteiger partial charge in [0.25, 0.3) is 5.56 Å². The van der Waals surface area contributed by atoms with Gasteiger partial charge in [0.05, 0.1) is 22.8 Å². The summed E-state index contributed by atoms with van der Waals surface area (Å²) in [6.45, 7) is 4.20. The van der Waals surface area contributed by atoms with E-state index in [1.807, 2.05) is 19.1 Å². The summed E-state index contributed by atoms with van der Waals surface area (Å²) in [5, 5.41) is 23.5. The Bertz CT molecular complexity index is 1510. The SMILES string of the molecule is Cc1cc(N2CCN(C(=O)O)CC2)cc2[nH]c(-c3c(NC[C@@H](O)c4cccc(Cl)c4)cc[nH]c3=O)nc12. The predicted octanol–water partition coefficient (Wildman–Crippen LogP) is 3.83. The average molecular weight is 523 g/mol. The van der Waals surface area contributed by atoms with E-state index in [-0.39, 0.29) is 12.1 Å². The van der Waals surface area contributed by atoms with Gasteiger partial charge in [-0.2, -0.15) is 0 Å². The average Bonchev–Trinajstić information content (AvgIpc) is 3.31. The molecule has 0 radical (unpaired) electrons. The van der Waals surface area contributed by atoms with Crippen LogP contribution in [0.2, 0.25) is 5.02 Å². The number of carbonyl (C=O) groups is 1. The van der Waals surface area contributed by atoms with E-state index in [4.69, 9.17) is 16.6 Å². The first kappa shape index (κ1) is 24.7. The lowest BCUT2D eigenvalue weighted by Crippen LogP contribution is -2.48. The Morgan fingerprint density at radius 2 is 1.97 bits per heavy atom. The third-order valence-electron chi connectivity index (χ3n) is 6.59. The van der Waals surface area contributed by atoms with Crippen molar-refractivity contribution in [1.29, 1.82) is 0 Å². The number of fused-ring (bicyclic) bond motifs is 1. The lowest BCUT2D eigenvalue weighted by Gasteiger charge is -2.34. The Morgan fingerprint density at radius 1 is 1.19 bits per heavy atom. The Labute approximate surface area is 217 Å². The smallest absolute Gasteiger partial charge is 0.407 e. The fourth-order valence-electron chi connectivity index (χ4n) is 4.63. The highest BCUT2D eigenvalue weighted by Crippen LogP contribution is 2.30. The van der Waals surface area contributed by atoms with E-state index in [9.17, 15) is 19.8 Å². The van der Waals surface area contributed by atoms with Crippen LogP contribution in [0.3, 0.4) is 0 Å². The molecular weight excluding hydrogens is 496 g/mol. The highest BCUT2D eigenvalue weighted by Gasteiger charge is 2.22. The van der Waals surface area contributed by atoms with Crippen LogP contribution in [0, 0.1) is 6.92 Å². The van der Waals surface area contributed by atoms with Crippen LogP contribution in [0.25, 0.3) is 22.4 Å². The van der Waals surface area contributed by atoms with E-state index in [2.05, 4.69) is 20.2 Å². The van der Waals surface area contributed by atoms with Gasteiger partial charge in [-0.25, -0.2) is 9.78 Å². The molecule has 0 saturated carbocycles. The third kappa shape index (κ3) is 5.11. The van der Waals surface area contributed by atoms with Gasteiger partial charge in [0.1, 0.15) is 11.4 Å². The molecule has 1 atom stereocenters. The number of anilines is 2. The minimum absolute atomic E-state index is 0.169. The lowest BCUT2D eigenvalue weighted by atomic mass is 10.1. The fraction of sp³-hybridized carbons (Fsp3) is 0.269. The highest BCUT2D eigenvalue weighted by atomic mass is 35.5. The van der Waals surface area contributed by atoms with Gasteiger partial charge in [-0.3, -0.25) is 4.79 Å². The maximum Gasteiger partial charge on any atom is 0.407 e. The second-order valence-electron chi connectivity index (χ2n) is 9.05. The monoisotopic (exact) mass is 522 g/mol. The summed E-state index contributed by atoms with van der Waals surface area (Å²) in [6.07, 6.45) is -0.183. The molecule has 3 heterocycles. The number of piperazine rings is 1. The summed E-state index contributed by atoms with van der Waals surface area (Å²) in [5.74, 6) is 0.410. The molecule has 0 unspecified atom stereocenters. The summed E-state index contributed by atoms with van der Waals surface area (Å²) in [6, 6.07) is 12.7. The molecule has 10 nitrogen and oxygen atoms in total. The maximum absolute atomic E-state index is 12.9. The summed E-state index contributed by atoms with van der Waals surface area (Å²) in [4.78, 5) is 38.4. The second kappa shape index (κ2) is 10.2. The summed E-state index contributed by atoms with van der Waals surface area (Å²) in [7, 11) is 0. The van der Waals surface area contributed by atoms with Crippen LogP contribution >= 0.6 is 11.6 Å². The predicted molar refractivity (Wildman–Crippen MR) is 144 cm³/mol. The van der Waals surface area contributed by atoms with Gasteiger partial charge >= 0.3 is 6.09 Å². The van der Waals surface area contributed by atoms with E-state index in [1.165, 1.54) is 4.90 Å². The number of aliphatic hydroxyl groups excluding tert-OH is 1. The number of rotatable bonds is 6. The molecule has 1 aliphatic rings. The highest BCUT2D eigenvalue weighted by molar-refractivity contribution is 6.30. The third-order valence-corrected chi connectivity index (χ3v) is 6.83. The number of hydrogen-bond acceptors (Lipinski definition) is 6. The second-order valence-corrected chi connectivity index (χ2v) is 9.48. The quantitative estimate of drug-likeness (QED) is 0.259. The zero-order chi connectivity index (χ0) is 26.1. The molecule has 0 aliphatic carbocycles. The number of aryl methyl sites for hydroxylation is 1. The number of nitrogens with zero attached hydrogens (tertiary/aromatic N) is 3. The van der Waals surface area contributed by atoms with Crippen molar-refractivity contribution in [2.24, 2.45) is 0 Å². The zero-order valence-corrected chi connectivity index (χ0v) is 20.9. The molecule has 5 rings (SSSR count). The normalized spacial score (nSPS) is 14.7. The van der Waals surface area contributed by atoms with Gasteiger partial charge in [0, 0.05) is 49.6 Å². The first-order valence-electron chi connectivity index (χ1n) is 11.9. The van der Waals surface area contributed by atoms with E-state index in [0.29, 0.717) is 53.8 Å². The van der Waals surface area contributed by atoms with Gasteiger partial charge in [-0.15, -0.1) is 0 Å². The minimum Gasteiger partial charge on any atom is -0.465 e. The van der Waals surface area contributed by atoms with Crippen molar-refractivity contribution in [3.8, 4) is 11.4 Å². The molecule has 1 saturated heterocycles. The van der Waals surface area contributed by atoms with Crippen LogP contribution in [-0.4, -0.2) is 68.9 Å². The van der Waals surface area contributed by atoms with Gasteiger partial charge < -0.3 is 35.3 Å². The molecule has 5 N–H and O–H groups in total. The number of benzene rings is 2. The van der Waals surface area contributed by atoms with Crippen LogP contribution in [0.1, 0.15) is 17.2 Å². The number of aliphatic hydroxyl groups is 1. The maximum atomic E-state index is 12.9. The van der Waals surface area contributed by atoms with Crippen LogP contribution in [0.5, 0.6) is 0 Å². The van der Waals surface area contributed by atoms with Crippen molar-refractivity contribution in [3.05, 3.63) is 75.2 Å². The standard InChI is InChI=1S/C26H27ClN6O4/c1-15-11-18(32-7-9-33(10-8-32)26(36)37)13-20-23(15)31-24(30-20)22-19(5-6-28-25(22)35)29-14-21(34)16-3-2-4-17(27)12-16/h2-6,11-13,21,34H,7-10,14H2,1H3,(H,30,31)(H,36,37)(H2,28,29,35)/t21-/m1/s1. The van der Waals surface area contributed by atoms with E-state index < -0.39 is 12.2 Å². The first-order chi connectivity index (χ1) is 17.8. The van der Waals surface area contributed by atoms with Gasteiger partial charge in [0.15, 0.2) is 0 Å². The molecule has 192 valence electrons. The van der Waals surface area contributed by atoms with Crippen molar-refractivity contribution in [2.45, 2.75) is 13.0 Å². The molecule has 2 aromatic heterocycles. The van der Waals surface area contributed by atoms with Gasteiger partial charge in [-0.05, 0) is 48.4 Å². The van der Waals surface area contributed by atoms with Crippen molar-refractivity contribution in [3.63, 3.8) is 0 Å². The first-order valence-corrected chi connectivity index (χ1v) is 12.3. The molecule has 1 amide bonds. The Hall–Kier alpha value is -4.02. The molecule has 0 bridgehead atoms. The molecule has 0 spiro atoms. The molecule has 37 heavy (non-hydrogen) atoms. The van der Waals surface area contributed by atoms with Crippen molar-refractivity contribution >= 4 is 40.1 Å². The summed E-state index contributed by atoms with van der Waals surface area (Å²) < 4.78 is 0. The van der Waals surface area contributed by atoms with E-state index in [1.54, 1.807) is 36.5 Å². The minimum atomic E-state index is -0.901. The number of H-pyrrole nitrogens is 2. The number of amides is 1. The number of aromatic amines is 2. The molecule has 4 aromatic rings. The molecule has 11 heteroatoms. The largest absolute Gasteiger partial charge is 0.465 e. The topological polar surface area (TPSA) is 138 Å². The van der Waals surface area contributed by atoms with Crippen molar-refractivity contribution in [1.82, 2.24) is 19.9 Å². The number of aromatic nitrogens is 3. The van der Waals surface area contributed by atoms with Crippen molar-refractivity contribution < 1.29 is 15.0 Å². The number of hydrogen-bond donors (Lipinski definition) is 5. The Balaban J connectivity index is 1.42. The number of nitrogens with one attached hydrogen (secondary N) is 3. The lowest BCUT2D eigenvalue weighted by molar-refractivity contribution is 0.142. The molecule has 1 aliphatic heterocycles. The number of carboxylic acid groups (broad SMARTS) is 1. The van der Waals surface area contributed by atoms with Crippen molar-refractivity contribution in [2.75, 3.05) is 42.9 Å². The summed E-state index contributed by atoms with van der Waals surface area (Å²) >= 11 is 6.05. The van der Waals surface area contributed by atoms with Crippen LogP contribution in [-0.2, 0) is 0 Å². The van der Waals surface area contributed by atoms with Crippen LogP contribution in [0.15, 0.2) is 53.5 Å². The van der Waals surface area contributed by atoms with Gasteiger partial charge in [0.2, 0.25) is 0 Å². The van der Waals surface area contributed by atoms with Crippen LogP contribution in [0.4, 0.5) is 16.2 Å². The molecule has 1 fully saturated rings. The number of imidazole rings is 1. The zero-order valence-electron chi connectivity index (χ0n) is 20.2.